The molecule has 1 fully saturated rings. The van der Waals surface area contributed by atoms with Crippen molar-refractivity contribution in [1.29, 1.82) is 0 Å². The fourth-order valence-electron chi connectivity index (χ4n) is 3.99. The smallest absolute Gasteiger partial charge is 0.410 e. The lowest BCUT2D eigenvalue weighted by molar-refractivity contribution is -0.420. The SMILES string of the molecule is CC1=C(/C=C/N(C)C)C([N+](=O)[O-])=CC(F)=C(N(C)C2CCN(C(=O)OC(C)(C)C)CC2)CC1. The minimum atomic E-state index is -0.581. The van der Waals surface area contributed by atoms with Crippen LogP contribution in [-0.2, 0) is 4.74 Å². The summed E-state index contributed by atoms with van der Waals surface area (Å²) in [4.78, 5) is 28.9. The van der Waals surface area contributed by atoms with E-state index in [0.29, 0.717) is 50.0 Å². The zero-order valence-electron chi connectivity index (χ0n) is 20.9. The number of hydrogen-bond donors (Lipinski definition) is 0. The van der Waals surface area contributed by atoms with E-state index in [1.165, 1.54) is 0 Å². The van der Waals surface area contributed by atoms with Gasteiger partial charge in [0, 0.05) is 40.3 Å². The van der Waals surface area contributed by atoms with Gasteiger partial charge in [-0.25, -0.2) is 9.18 Å². The lowest BCUT2D eigenvalue weighted by atomic mass is 9.96. The van der Waals surface area contributed by atoms with Crippen molar-refractivity contribution in [3.05, 3.63) is 56.8 Å². The number of ether oxygens (including phenoxy) is 1. The van der Waals surface area contributed by atoms with Gasteiger partial charge in [-0.3, -0.25) is 10.1 Å². The summed E-state index contributed by atoms with van der Waals surface area (Å²) in [6.07, 6.45) is 6.40. The number of likely N-dealkylation sites (tertiary alicyclic amines) is 1. The molecular formula is C24H37FN4O4. The van der Waals surface area contributed by atoms with Crippen molar-refractivity contribution in [1.82, 2.24) is 14.7 Å². The summed E-state index contributed by atoms with van der Waals surface area (Å²) in [5.41, 5.74) is 0.948. The molecule has 0 bridgehead atoms. The van der Waals surface area contributed by atoms with Gasteiger partial charge in [0.25, 0.3) is 5.70 Å². The molecule has 0 N–H and O–H groups in total. The van der Waals surface area contributed by atoms with Crippen molar-refractivity contribution in [2.45, 2.75) is 65.0 Å². The van der Waals surface area contributed by atoms with Gasteiger partial charge in [0.1, 0.15) is 11.4 Å². The number of carbonyl (C=O) groups is 1. The van der Waals surface area contributed by atoms with E-state index in [-0.39, 0.29) is 17.8 Å². The summed E-state index contributed by atoms with van der Waals surface area (Å²) in [5.74, 6) is -0.581. The molecular weight excluding hydrogens is 427 g/mol. The molecule has 9 heteroatoms. The molecule has 33 heavy (non-hydrogen) atoms. The van der Waals surface area contributed by atoms with Crippen molar-refractivity contribution in [2.24, 2.45) is 0 Å². The monoisotopic (exact) mass is 464 g/mol. The van der Waals surface area contributed by atoms with Crippen molar-refractivity contribution in [2.75, 3.05) is 34.2 Å². The molecule has 8 nitrogen and oxygen atoms in total. The molecule has 1 amide bonds. The zero-order valence-corrected chi connectivity index (χ0v) is 20.9. The van der Waals surface area contributed by atoms with Gasteiger partial charge in [0.2, 0.25) is 0 Å². The molecule has 184 valence electrons. The highest BCUT2D eigenvalue weighted by Gasteiger charge is 2.31. The number of halogens is 1. The minimum Gasteiger partial charge on any atom is -0.444 e. The summed E-state index contributed by atoms with van der Waals surface area (Å²) < 4.78 is 20.8. The van der Waals surface area contributed by atoms with Crippen LogP contribution in [0.4, 0.5) is 9.18 Å². The van der Waals surface area contributed by atoms with Crippen LogP contribution in [0.3, 0.4) is 0 Å². The first-order chi connectivity index (χ1) is 15.3. The van der Waals surface area contributed by atoms with E-state index in [9.17, 15) is 14.9 Å². The molecule has 0 saturated carbocycles. The van der Waals surface area contributed by atoms with Crippen LogP contribution in [0.25, 0.3) is 0 Å². The maximum atomic E-state index is 15.3. The van der Waals surface area contributed by atoms with Gasteiger partial charge in [-0.15, -0.1) is 0 Å². The largest absolute Gasteiger partial charge is 0.444 e. The maximum absolute atomic E-state index is 15.3. The third kappa shape index (κ3) is 7.33. The Hall–Kier alpha value is -2.84. The number of hydrogen-bond acceptors (Lipinski definition) is 6. The zero-order chi connectivity index (χ0) is 24.9. The molecule has 1 aliphatic heterocycles. The normalized spacial score (nSPS) is 18.8. The van der Waals surface area contributed by atoms with E-state index < -0.39 is 16.4 Å². The molecule has 0 aromatic rings. The Bertz CT molecular complexity index is 875. The number of allylic oxidation sites excluding steroid dienone is 5. The number of piperidine rings is 1. The Labute approximate surface area is 196 Å². The first-order valence-electron chi connectivity index (χ1n) is 11.3. The number of amides is 1. The number of carbonyl (C=O) groups excluding carboxylic acids is 1. The van der Waals surface area contributed by atoms with Gasteiger partial charge < -0.3 is 19.4 Å². The lowest BCUT2D eigenvalue weighted by Gasteiger charge is -2.39. The van der Waals surface area contributed by atoms with E-state index >= 15 is 4.39 Å². The van der Waals surface area contributed by atoms with Crippen LogP contribution in [-0.4, -0.2) is 71.6 Å². The second kappa shape index (κ2) is 10.9. The molecule has 2 aliphatic rings. The van der Waals surface area contributed by atoms with Crippen LogP contribution >= 0.6 is 0 Å². The molecule has 0 unspecified atom stereocenters. The van der Waals surface area contributed by atoms with E-state index in [0.717, 1.165) is 11.6 Å². The summed E-state index contributed by atoms with van der Waals surface area (Å²) in [6.45, 7) is 8.40. The Kier molecular flexibility index (Phi) is 8.69. The van der Waals surface area contributed by atoms with E-state index in [1.807, 2.05) is 53.7 Å². The Balaban J connectivity index is 2.21. The van der Waals surface area contributed by atoms with Crippen molar-refractivity contribution in [3.8, 4) is 0 Å². The Morgan fingerprint density at radius 1 is 1.24 bits per heavy atom. The molecule has 0 aromatic heterocycles. The molecule has 0 spiro atoms. The van der Waals surface area contributed by atoms with Crippen molar-refractivity contribution < 1.29 is 18.8 Å². The minimum absolute atomic E-state index is 0.0358. The van der Waals surface area contributed by atoms with Gasteiger partial charge in [0.15, 0.2) is 0 Å². The Morgan fingerprint density at radius 3 is 2.36 bits per heavy atom. The highest BCUT2D eigenvalue weighted by molar-refractivity contribution is 5.68. The second-order valence-electron chi connectivity index (χ2n) is 9.86. The van der Waals surface area contributed by atoms with Crippen LogP contribution in [0.1, 0.15) is 53.4 Å². The molecule has 2 rings (SSSR count). The summed E-state index contributed by atoms with van der Waals surface area (Å²) in [5, 5.41) is 11.7. The van der Waals surface area contributed by atoms with Gasteiger partial charge in [-0.1, -0.05) is 5.57 Å². The van der Waals surface area contributed by atoms with Crippen molar-refractivity contribution >= 4 is 6.09 Å². The standard InChI is InChI=1S/C24H37FN4O4/c1-17-8-9-21(20(25)16-22(29(31)32)19(17)12-13-26(5)6)27(7)18-10-14-28(15-11-18)23(30)33-24(2,3)4/h12-13,16,18H,8-11,14-15H2,1-7H3/b13-12+,19-17?,21-20?,22-16?. The van der Waals surface area contributed by atoms with Crippen LogP contribution in [0.15, 0.2) is 46.7 Å². The molecule has 0 radical (unpaired) electrons. The summed E-state index contributed by atoms with van der Waals surface area (Å²) >= 11 is 0. The predicted octanol–water partition coefficient (Wildman–Crippen LogP) is 4.85. The van der Waals surface area contributed by atoms with Crippen LogP contribution < -0.4 is 0 Å². The van der Waals surface area contributed by atoms with E-state index in [2.05, 4.69) is 0 Å². The number of nitro groups is 1. The maximum Gasteiger partial charge on any atom is 0.410 e. The average Bonchev–Trinajstić information content (AvgIpc) is 2.70. The fourth-order valence-corrected chi connectivity index (χ4v) is 3.99. The third-order valence-corrected chi connectivity index (χ3v) is 5.84. The molecule has 0 atom stereocenters. The van der Waals surface area contributed by atoms with E-state index in [1.54, 1.807) is 22.1 Å². The Morgan fingerprint density at radius 2 is 1.85 bits per heavy atom. The average molecular weight is 465 g/mol. The highest BCUT2D eigenvalue weighted by atomic mass is 19.1. The van der Waals surface area contributed by atoms with E-state index in [4.69, 9.17) is 4.74 Å². The lowest BCUT2D eigenvalue weighted by Crippen LogP contribution is -2.46. The first kappa shape index (κ1) is 26.4. The van der Waals surface area contributed by atoms with Crippen LogP contribution in [0, 0.1) is 10.1 Å². The van der Waals surface area contributed by atoms with Gasteiger partial charge in [0.05, 0.1) is 22.3 Å². The molecule has 1 heterocycles. The quantitative estimate of drug-likeness (QED) is 0.428. The van der Waals surface area contributed by atoms with Crippen molar-refractivity contribution in [3.63, 3.8) is 0 Å². The van der Waals surface area contributed by atoms with Gasteiger partial charge in [-0.05, 0) is 65.7 Å². The number of nitrogens with zero attached hydrogens (tertiary/aromatic N) is 4. The number of rotatable bonds is 5. The first-order valence-corrected chi connectivity index (χ1v) is 11.3. The molecule has 1 aliphatic carbocycles. The summed E-state index contributed by atoms with van der Waals surface area (Å²) in [7, 11) is 5.48. The predicted molar refractivity (Wildman–Crippen MR) is 127 cm³/mol. The highest BCUT2D eigenvalue weighted by Crippen LogP contribution is 2.32. The third-order valence-electron chi connectivity index (χ3n) is 5.84. The van der Waals surface area contributed by atoms with Crippen LogP contribution in [0.5, 0.6) is 0 Å². The molecule has 1 saturated heterocycles. The summed E-state index contributed by atoms with van der Waals surface area (Å²) in [6, 6.07) is 0.0358. The van der Waals surface area contributed by atoms with Gasteiger partial charge in [-0.2, -0.15) is 0 Å². The second-order valence-corrected chi connectivity index (χ2v) is 9.86. The fraction of sp³-hybridized carbons (Fsp3) is 0.625. The van der Waals surface area contributed by atoms with Crippen LogP contribution in [0.2, 0.25) is 0 Å². The topological polar surface area (TPSA) is 79.2 Å². The molecule has 0 aromatic carbocycles. The van der Waals surface area contributed by atoms with Gasteiger partial charge >= 0.3 is 6.09 Å².